The van der Waals surface area contributed by atoms with Gasteiger partial charge in [-0.3, -0.25) is 0 Å². The number of hydrogen-bond donors (Lipinski definition) is 0. The molecule has 0 fully saturated rings. The SMILES string of the molecule is Clc1nc(-c2ccccc2)nc(-c2cccc3c2sc2ccccc23)n1.Clc1nc(-c2ccccc2)nc(-c2cccc3c2sc2ccccc23)n1. The maximum atomic E-state index is 6.22. The third-order valence-electron chi connectivity index (χ3n) is 8.57. The number of rotatable bonds is 4. The molecule has 6 nitrogen and oxygen atoms in total. The summed E-state index contributed by atoms with van der Waals surface area (Å²) in [6.45, 7) is 0. The van der Waals surface area contributed by atoms with Crippen LogP contribution in [-0.4, -0.2) is 29.9 Å². The van der Waals surface area contributed by atoms with Gasteiger partial charge in [-0.2, -0.15) is 19.9 Å². The maximum Gasteiger partial charge on any atom is 0.226 e. The second-order valence-corrected chi connectivity index (χ2v) is 14.6. The summed E-state index contributed by atoms with van der Waals surface area (Å²) in [5, 5.41) is 5.32. The number of halogens is 2. The molecule has 0 spiro atoms. The van der Waals surface area contributed by atoms with Crippen molar-refractivity contribution in [3.8, 4) is 45.6 Å². The van der Waals surface area contributed by atoms with Crippen LogP contribution >= 0.6 is 45.9 Å². The van der Waals surface area contributed by atoms with Gasteiger partial charge in [0.15, 0.2) is 23.3 Å². The Morgan fingerprint density at radius 3 is 1.13 bits per heavy atom. The Bertz CT molecular complexity index is 2700. The van der Waals surface area contributed by atoms with Gasteiger partial charge < -0.3 is 0 Å². The fourth-order valence-electron chi connectivity index (χ4n) is 6.22. The lowest BCUT2D eigenvalue weighted by Gasteiger charge is -2.06. The average molecular weight is 748 g/mol. The van der Waals surface area contributed by atoms with Gasteiger partial charge in [0, 0.05) is 62.6 Å². The van der Waals surface area contributed by atoms with Crippen molar-refractivity contribution in [1.82, 2.24) is 29.9 Å². The molecule has 0 radical (unpaired) electrons. The van der Waals surface area contributed by atoms with Crippen molar-refractivity contribution in [2.75, 3.05) is 0 Å². The van der Waals surface area contributed by atoms with Crippen LogP contribution in [0.3, 0.4) is 0 Å². The minimum absolute atomic E-state index is 0.201. The van der Waals surface area contributed by atoms with Crippen LogP contribution in [0, 0.1) is 0 Å². The molecule has 4 aromatic heterocycles. The van der Waals surface area contributed by atoms with Crippen LogP contribution in [0.1, 0.15) is 0 Å². The second kappa shape index (κ2) is 13.8. The average Bonchev–Trinajstić information content (AvgIpc) is 3.77. The van der Waals surface area contributed by atoms with Gasteiger partial charge in [0.05, 0.1) is 0 Å². The van der Waals surface area contributed by atoms with Gasteiger partial charge in [0.1, 0.15) is 0 Å². The molecule has 0 saturated heterocycles. The molecule has 0 atom stereocenters. The molecule has 10 aromatic rings. The molecular weight excluding hydrogens is 724 g/mol. The Kier molecular flexibility index (Phi) is 8.58. The minimum Gasteiger partial charge on any atom is -0.208 e. The Morgan fingerprint density at radius 2 is 0.692 bits per heavy atom. The molecule has 4 heterocycles. The van der Waals surface area contributed by atoms with E-state index in [-0.39, 0.29) is 10.6 Å². The van der Waals surface area contributed by atoms with Crippen molar-refractivity contribution in [1.29, 1.82) is 0 Å². The van der Waals surface area contributed by atoms with Gasteiger partial charge in [-0.1, -0.05) is 121 Å². The van der Waals surface area contributed by atoms with E-state index in [1.165, 1.54) is 30.9 Å². The third-order valence-corrected chi connectivity index (χ3v) is 11.3. The number of nitrogens with zero attached hydrogens (tertiary/aromatic N) is 6. The topological polar surface area (TPSA) is 77.3 Å². The highest BCUT2D eigenvalue weighted by Gasteiger charge is 2.16. The summed E-state index contributed by atoms with van der Waals surface area (Å²) < 4.78 is 4.82. The first-order valence-electron chi connectivity index (χ1n) is 16.3. The molecule has 6 aromatic carbocycles. The van der Waals surface area contributed by atoms with Crippen molar-refractivity contribution in [3.05, 3.63) is 156 Å². The van der Waals surface area contributed by atoms with Gasteiger partial charge in [0.25, 0.3) is 0 Å². The van der Waals surface area contributed by atoms with E-state index in [1.54, 1.807) is 22.7 Å². The molecule has 0 saturated carbocycles. The lowest BCUT2D eigenvalue weighted by molar-refractivity contribution is 1.07. The van der Waals surface area contributed by atoms with Crippen LogP contribution in [0.4, 0.5) is 0 Å². The van der Waals surface area contributed by atoms with Crippen LogP contribution in [0.15, 0.2) is 146 Å². The molecule has 10 rings (SSSR count). The Morgan fingerprint density at radius 1 is 0.327 bits per heavy atom. The van der Waals surface area contributed by atoms with Crippen LogP contribution < -0.4 is 0 Å². The maximum absolute atomic E-state index is 6.22. The van der Waals surface area contributed by atoms with Crippen LogP contribution in [0.2, 0.25) is 10.6 Å². The Labute approximate surface area is 316 Å². The summed E-state index contributed by atoms with van der Waals surface area (Å²) in [5.41, 5.74) is 3.79. The summed E-state index contributed by atoms with van der Waals surface area (Å²) in [6.07, 6.45) is 0. The monoisotopic (exact) mass is 746 g/mol. The smallest absolute Gasteiger partial charge is 0.208 e. The van der Waals surface area contributed by atoms with E-state index >= 15 is 0 Å². The highest BCUT2D eigenvalue weighted by atomic mass is 35.5. The van der Waals surface area contributed by atoms with Crippen LogP contribution in [-0.2, 0) is 0 Å². The van der Waals surface area contributed by atoms with E-state index < -0.39 is 0 Å². The predicted octanol–water partition coefficient (Wildman–Crippen LogP) is 12.5. The molecule has 0 N–H and O–H groups in total. The zero-order valence-corrected chi connectivity index (χ0v) is 30.3. The minimum atomic E-state index is 0.201. The zero-order chi connectivity index (χ0) is 35.0. The second-order valence-electron chi connectivity index (χ2n) is 11.8. The van der Waals surface area contributed by atoms with E-state index in [9.17, 15) is 0 Å². The van der Waals surface area contributed by atoms with Crippen LogP contribution in [0.5, 0.6) is 0 Å². The summed E-state index contributed by atoms with van der Waals surface area (Å²) in [5.74, 6) is 2.36. The van der Waals surface area contributed by atoms with E-state index in [2.05, 4.69) is 80.6 Å². The summed E-state index contributed by atoms with van der Waals surface area (Å²) in [7, 11) is 0. The zero-order valence-electron chi connectivity index (χ0n) is 27.1. The summed E-state index contributed by atoms with van der Waals surface area (Å²) in [6, 6.07) is 48.9. The van der Waals surface area contributed by atoms with Gasteiger partial charge in [-0.25, -0.2) is 9.97 Å². The molecule has 0 bridgehead atoms. The van der Waals surface area contributed by atoms with E-state index in [1.807, 2.05) is 84.9 Å². The Hall–Kier alpha value is -5.64. The molecule has 0 aliphatic rings. The van der Waals surface area contributed by atoms with E-state index in [0.29, 0.717) is 23.3 Å². The summed E-state index contributed by atoms with van der Waals surface area (Å²) >= 11 is 15.9. The summed E-state index contributed by atoms with van der Waals surface area (Å²) in [4.78, 5) is 26.8. The standard InChI is InChI=1S/2C21H12ClN3S/c2*22-21-24-19(13-7-2-1-3-8-13)23-20(25-21)16-11-6-10-15-14-9-4-5-12-17(14)26-18(15)16/h2*1-12H. The first-order chi connectivity index (χ1) is 25.6. The normalized spacial score (nSPS) is 11.3. The number of aromatic nitrogens is 6. The molecule has 0 aliphatic carbocycles. The fourth-order valence-corrected chi connectivity index (χ4v) is 8.96. The molecular formula is C42H24Cl2N6S2. The van der Waals surface area contributed by atoms with Crippen LogP contribution in [0.25, 0.3) is 85.9 Å². The van der Waals surface area contributed by atoms with Crippen molar-refractivity contribution in [2.45, 2.75) is 0 Å². The van der Waals surface area contributed by atoms with Crippen molar-refractivity contribution in [2.24, 2.45) is 0 Å². The molecule has 0 unspecified atom stereocenters. The van der Waals surface area contributed by atoms with Crippen molar-refractivity contribution < 1.29 is 0 Å². The predicted molar refractivity (Wildman–Crippen MR) is 217 cm³/mol. The molecule has 248 valence electrons. The fraction of sp³-hybridized carbons (Fsp3) is 0. The number of thiophene rings is 2. The highest BCUT2D eigenvalue weighted by molar-refractivity contribution is 7.26. The number of fused-ring (bicyclic) bond motifs is 6. The number of hydrogen-bond acceptors (Lipinski definition) is 8. The lowest BCUT2D eigenvalue weighted by atomic mass is 10.1. The van der Waals surface area contributed by atoms with E-state index in [0.717, 1.165) is 31.7 Å². The highest BCUT2D eigenvalue weighted by Crippen LogP contribution is 2.40. The van der Waals surface area contributed by atoms with Crippen molar-refractivity contribution >= 4 is 86.2 Å². The van der Waals surface area contributed by atoms with E-state index in [4.69, 9.17) is 33.2 Å². The van der Waals surface area contributed by atoms with Gasteiger partial charge in [-0.15, -0.1) is 22.7 Å². The third kappa shape index (κ3) is 6.16. The molecule has 0 amide bonds. The van der Waals surface area contributed by atoms with Crippen molar-refractivity contribution in [3.63, 3.8) is 0 Å². The molecule has 52 heavy (non-hydrogen) atoms. The number of benzene rings is 6. The van der Waals surface area contributed by atoms with Gasteiger partial charge >= 0.3 is 0 Å². The first-order valence-corrected chi connectivity index (χ1v) is 18.7. The quantitative estimate of drug-likeness (QED) is 0.178. The molecule has 0 aliphatic heterocycles. The molecule has 10 heteroatoms. The van der Waals surface area contributed by atoms with Gasteiger partial charge in [-0.05, 0) is 47.5 Å². The van der Waals surface area contributed by atoms with Gasteiger partial charge in [0.2, 0.25) is 10.6 Å². The lowest BCUT2D eigenvalue weighted by Crippen LogP contribution is -1.97. The largest absolute Gasteiger partial charge is 0.226 e. The Balaban J connectivity index is 0.000000138. The first kappa shape index (κ1) is 32.3.